The summed E-state index contributed by atoms with van der Waals surface area (Å²) in [7, 11) is 0. The van der Waals surface area contributed by atoms with E-state index in [1.807, 2.05) is 60.7 Å². The second-order valence-corrected chi connectivity index (χ2v) is 7.56. The summed E-state index contributed by atoms with van der Waals surface area (Å²) in [5.74, 6) is -0.812. The number of benzene rings is 2. The smallest absolute Gasteiger partial charge is 0.407 e. The van der Waals surface area contributed by atoms with Gasteiger partial charge in [0.25, 0.3) is 0 Å². The van der Waals surface area contributed by atoms with E-state index in [1.54, 1.807) is 0 Å². The molecule has 0 aliphatic heterocycles. The van der Waals surface area contributed by atoms with Crippen molar-refractivity contribution in [2.24, 2.45) is 0 Å². The molecule has 0 heterocycles. The third kappa shape index (κ3) is 13.3. The van der Waals surface area contributed by atoms with Crippen LogP contribution in [-0.2, 0) is 32.3 Å². The standard InChI is InChI=1S/C25H32N4O6/c30-22(26-13-7-15-28-24(32)34-18-20-9-3-1-4-10-20)17-23(31)27-14-8-16-29-25(33)35-19-21-11-5-2-6-12-21/h1-6,9-12H,7-8,13-19H2,(H,26,30)(H,27,31)(H,28,32)(H,29,33). The zero-order valence-electron chi connectivity index (χ0n) is 19.6. The van der Waals surface area contributed by atoms with E-state index in [-0.39, 0.29) is 19.6 Å². The van der Waals surface area contributed by atoms with Gasteiger partial charge in [0.15, 0.2) is 0 Å². The fourth-order valence-corrected chi connectivity index (χ4v) is 2.83. The van der Waals surface area contributed by atoms with Crippen LogP contribution in [0.5, 0.6) is 0 Å². The Bertz CT molecular complexity index is 849. The highest BCUT2D eigenvalue weighted by Gasteiger charge is 2.09. The molecule has 35 heavy (non-hydrogen) atoms. The summed E-state index contributed by atoms with van der Waals surface area (Å²) in [6.07, 6.45) is -0.351. The summed E-state index contributed by atoms with van der Waals surface area (Å²) >= 11 is 0. The molecule has 188 valence electrons. The molecule has 10 nitrogen and oxygen atoms in total. The Morgan fingerprint density at radius 3 is 1.31 bits per heavy atom. The van der Waals surface area contributed by atoms with Crippen LogP contribution >= 0.6 is 0 Å². The number of carbonyl (C=O) groups is 4. The highest BCUT2D eigenvalue weighted by molar-refractivity contribution is 5.96. The molecule has 0 atom stereocenters. The molecule has 0 aliphatic carbocycles. The van der Waals surface area contributed by atoms with Crippen molar-refractivity contribution in [1.82, 2.24) is 21.3 Å². The predicted octanol–water partition coefficient (Wildman–Crippen LogP) is 2.24. The summed E-state index contributed by atoms with van der Waals surface area (Å²) in [5, 5.41) is 10.4. The Hall–Kier alpha value is -4.08. The SMILES string of the molecule is O=C(CC(=O)NCCCNC(=O)OCc1ccccc1)NCCCNC(=O)OCc1ccccc1. The van der Waals surface area contributed by atoms with Crippen LogP contribution in [0.2, 0.25) is 0 Å². The van der Waals surface area contributed by atoms with Gasteiger partial charge in [0.2, 0.25) is 11.8 Å². The van der Waals surface area contributed by atoms with Crippen molar-refractivity contribution in [3.63, 3.8) is 0 Å². The molecular weight excluding hydrogens is 452 g/mol. The first-order valence-corrected chi connectivity index (χ1v) is 11.5. The minimum Gasteiger partial charge on any atom is -0.445 e. The van der Waals surface area contributed by atoms with Gasteiger partial charge in [-0.3, -0.25) is 9.59 Å². The van der Waals surface area contributed by atoms with E-state index in [0.29, 0.717) is 39.0 Å². The zero-order valence-corrected chi connectivity index (χ0v) is 19.6. The normalized spacial score (nSPS) is 10.1. The summed E-state index contributed by atoms with van der Waals surface area (Å²) in [6, 6.07) is 18.7. The van der Waals surface area contributed by atoms with Crippen LogP contribution in [0.3, 0.4) is 0 Å². The molecule has 0 spiro atoms. The maximum Gasteiger partial charge on any atom is 0.407 e. The second-order valence-electron chi connectivity index (χ2n) is 7.56. The molecule has 4 N–H and O–H groups in total. The molecule has 0 fully saturated rings. The lowest BCUT2D eigenvalue weighted by Crippen LogP contribution is -2.35. The lowest BCUT2D eigenvalue weighted by atomic mass is 10.2. The fraction of sp³-hybridized carbons (Fsp3) is 0.360. The number of hydrogen-bond acceptors (Lipinski definition) is 6. The van der Waals surface area contributed by atoms with Gasteiger partial charge >= 0.3 is 12.2 Å². The topological polar surface area (TPSA) is 135 Å². The third-order valence-electron chi connectivity index (χ3n) is 4.64. The van der Waals surface area contributed by atoms with E-state index in [4.69, 9.17) is 9.47 Å². The quantitative estimate of drug-likeness (QED) is 0.240. The van der Waals surface area contributed by atoms with Crippen LogP contribution < -0.4 is 21.3 Å². The molecule has 0 unspecified atom stereocenters. The van der Waals surface area contributed by atoms with Crippen LogP contribution in [0.15, 0.2) is 60.7 Å². The van der Waals surface area contributed by atoms with Crippen LogP contribution in [0, 0.1) is 0 Å². The van der Waals surface area contributed by atoms with Crippen molar-refractivity contribution in [2.75, 3.05) is 26.2 Å². The Morgan fingerprint density at radius 1 is 0.543 bits per heavy atom. The van der Waals surface area contributed by atoms with Crippen molar-refractivity contribution >= 4 is 24.0 Å². The van der Waals surface area contributed by atoms with Crippen molar-refractivity contribution < 1.29 is 28.7 Å². The summed E-state index contributed by atoms with van der Waals surface area (Å²) in [4.78, 5) is 46.9. The lowest BCUT2D eigenvalue weighted by Gasteiger charge is -2.09. The van der Waals surface area contributed by atoms with E-state index in [9.17, 15) is 19.2 Å². The summed E-state index contributed by atoms with van der Waals surface area (Å²) in [6.45, 7) is 1.68. The molecule has 0 saturated heterocycles. The van der Waals surface area contributed by atoms with Gasteiger partial charge in [-0.15, -0.1) is 0 Å². The molecule has 2 aromatic rings. The van der Waals surface area contributed by atoms with Gasteiger partial charge in [0, 0.05) is 26.2 Å². The molecule has 0 saturated carbocycles. The largest absolute Gasteiger partial charge is 0.445 e. The monoisotopic (exact) mass is 484 g/mol. The number of alkyl carbamates (subject to hydrolysis) is 2. The van der Waals surface area contributed by atoms with Crippen LogP contribution in [0.25, 0.3) is 0 Å². The fourth-order valence-electron chi connectivity index (χ4n) is 2.83. The van der Waals surface area contributed by atoms with Crippen LogP contribution in [0.4, 0.5) is 9.59 Å². The first-order chi connectivity index (χ1) is 17.0. The highest BCUT2D eigenvalue weighted by Crippen LogP contribution is 2.01. The number of rotatable bonds is 14. The third-order valence-corrected chi connectivity index (χ3v) is 4.64. The number of ether oxygens (including phenoxy) is 2. The van der Waals surface area contributed by atoms with Crippen LogP contribution in [0.1, 0.15) is 30.4 Å². The summed E-state index contributed by atoms with van der Waals surface area (Å²) < 4.78 is 10.2. The van der Waals surface area contributed by atoms with Gasteiger partial charge in [-0.25, -0.2) is 9.59 Å². The van der Waals surface area contributed by atoms with Gasteiger partial charge in [-0.1, -0.05) is 60.7 Å². The van der Waals surface area contributed by atoms with E-state index in [1.165, 1.54) is 0 Å². The maximum atomic E-state index is 11.8. The second kappa shape index (κ2) is 16.5. The first kappa shape index (κ1) is 27.2. The van der Waals surface area contributed by atoms with Gasteiger partial charge in [-0.05, 0) is 24.0 Å². The molecule has 2 aromatic carbocycles. The van der Waals surface area contributed by atoms with Crippen molar-refractivity contribution in [1.29, 1.82) is 0 Å². The Kier molecular flexibility index (Phi) is 12.8. The van der Waals surface area contributed by atoms with Crippen molar-refractivity contribution in [3.8, 4) is 0 Å². The molecular formula is C25H32N4O6. The van der Waals surface area contributed by atoms with Crippen molar-refractivity contribution in [2.45, 2.75) is 32.5 Å². The Morgan fingerprint density at radius 2 is 0.914 bits per heavy atom. The number of amides is 4. The number of hydrogen-bond donors (Lipinski definition) is 4. The average Bonchev–Trinajstić information content (AvgIpc) is 2.87. The lowest BCUT2D eigenvalue weighted by molar-refractivity contribution is -0.129. The average molecular weight is 485 g/mol. The van der Waals surface area contributed by atoms with Crippen molar-refractivity contribution in [3.05, 3.63) is 71.8 Å². The maximum absolute atomic E-state index is 11.8. The van der Waals surface area contributed by atoms with E-state index in [0.717, 1.165) is 11.1 Å². The predicted molar refractivity (Wildman–Crippen MR) is 129 cm³/mol. The van der Waals surface area contributed by atoms with Gasteiger partial charge < -0.3 is 30.7 Å². The molecule has 4 amide bonds. The number of nitrogens with one attached hydrogen (secondary N) is 4. The van der Waals surface area contributed by atoms with Gasteiger partial charge in [0.05, 0.1) is 0 Å². The number of carbonyl (C=O) groups excluding carboxylic acids is 4. The molecule has 0 aromatic heterocycles. The minimum atomic E-state index is -0.529. The molecule has 10 heteroatoms. The Balaban J connectivity index is 1.40. The van der Waals surface area contributed by atoms with Gasteiger partial charge in [-0.2, -0.15) is 0 Å². The van der Waals surface area contributed by atoms with Crippen LogP contribution in [-0.4, -0.2) is 50.2 Å². The van der Waals surface area contributed by atoms with E-state index < -0.39 is 24.0 Å². The minimum absolute atomic E-state index is 0.187. The van der Waals surface area contributed by atoms with Gasteiger partial charge in [0.1, 0.15) is 19.6 Å². The molecule has 0 aliphatic rings. The van der Waals surface area contributed by atoms with E-state index in [2.05, 4.69) is 21.3 Å². The molecule has 0 radical (unpaired) electrons. The Labute approximate surface area is 204 Å². The zero-order chi connectivity index (χ0) is 25.1. The molecule has 0 bridgehead atoms. The van der Waals surface area contributed by atoms with E-state index >= 15 is 0 Å². The molecule has 2 rings (SSSR count). The first-order valence-electron chi connectivity index (χ1n) is 11.5. The summed E-state index contributed by atoms with van der Waals surface area (Å²) in [5.41, 5.74) is 1.79. The highest BCUT2D eigenvalue weighted by atomic mass is 16.6.